The third-order valence-corrected chi connectivity index (χ3v) is 5.37. The fourth-order valence-corrected chi connectivity index (χ4v) is 4.02. The lowest BCUT2D eigenvalue weighted by Crippen LogP contribution is -2.19. The monoisotopic (exact) mass is 357 g/mol. The zero-order valence-corrected chi connectivity index (χ0v) is 14.5. The van der Waals surface area contributed by atoms with Crippen LogP contribution in [-0.2, 0) is 11.3 Å². The number of rotatable bonds is 5. The number of nitrogens with zero attached hydrogens (tertiary/aromatic N) is 1. The van der Waals surface area contributed by atoms with Crippen LogP contribution in [0.2, 0.25) is 0 Å². The van der Waals surface area contributed by atoms with Crippen molar-refractivity contribution >= 4 is 40.3 Å². The van der Waals surface area contributed by atoms with Gasteiger partial charge >= 0.3 is 0 Å². The maximum atomic E-state index is 11.9. The molecule has 3 rings (SSSR count). The van der Waals surface area contributed by atoms with E-state index in [4.69, 9.17) is 0 Å². The molecular weight excluding hydrogens is 342 g/mol. The minimum Gasteiger partial charge on any atom is -0.297 e. The molecule has 0 spiro atoms. The molecule has 0 aliphatic rings. The first-order chi connectivity index (χ1) is 11.6. The molecule has 0 radical (unpaired) electrons. The summed E-state index contributed by atoms with van der Waals surface area (Å²) in [6.07, 6.45) is 0.723. The largest absolute Gasteiger partial charge is 0.297 e. The Morgan fingerprint density at radius 2 is 1.75 bits per heavy atom. The Morgan fingerprint density at radius 3 is 2.33 bits per heavy atom. The van der Waals surface area contributed by atoms with Crippen molar-refractivity contribution in [1.82, 2.24) is 0 Å². The highest BCUT2D eigenvalue weighted by Crippen LogP contribution is 2.39. The summed E-state index contributed by atoms with van der Waals surface area (Å²) in [4.78, 5) is 12.8. The third kappa shape index (κ3) is 3.31. The van der Waals surface area contributed by atoms with Crippen LogP contribution in [0.25, 0.3) is 10.4 Å². The molecule has 0 fully saturated rings. The standard InChI is InChI=1S/C18H15NO3S2/c1-13-7-9-15(10-8-13)19(24(21)22)16-11-17(23-18(16)12-20)14-5-3-2-4-6-14/h2-12H,1H3,(H,21,22). The fourth-order valence-electron chi connectivity index (χ4n) is 2.38. The van der Waals surface area contributed by atoms with Crippen molar-refractivity contribution in [3.8, 4) is 10.4 Å². The van der Waals surface area contributed by atoms with Crippen molar-refractivity contribution in [2.45, 2.75) is 6.92 Å². The zero-order chi connectivity index (χ0) is 17.1. The number of aldehydes is 1. The van der Waals surface area contributed by atoms with Crippen LogP contribution in [0.15, 0.2) is 60.7 Å². The molecule has 24 heavy (non-hydrogen) atoms. The zero-order valence-electron chi connectivity index (χ0n) is 12.9. The first-order valence-corrected chi connectivity index (χ1v) is 9.10. The molecule has 0 saturated carbocycles. The summed E-state index contributed by atoms with van der Waals surface area (Å²) in [5.74, 6) is 0. The van der Waals surface area contributed by atoms with Gasteiger partial charge in [0, 0.05) is 4.88 Å². The summed E-state index contributed by atoms with van der Waals surface area (Å²) in [6, 6.07) is 18.6. The molecule has 0 saturated heterocycles. The van der Waals surface area contributed by atoms with E-state index in [9.17, 15) is 13.6 Å². The normalized spacial score (nSPS) is 11.9. The smallest absolute Gasteiger partial charge is 0.266 e. The Kier molecular flexibility index (Phi) is 4.89. The topological polar surface area (TPSA) is 57.6 Å². The predicted molar refractivity (Wildman–Crippen MR) is 99.2 cm³/mol. The highest BCUT2D eigenvalue weighted by Gasteiger charge is 2.21. The predicted octanol–water partition coefficient (Wildman–Crippen LogP) is 4.81. The van der Waals surface area contributed by atoms with Gasteiger partial charge in [0.25, 0.3) is 11.3 Å². The van der Waals surface area contributed by atoms with E-state index >= 15 is 0 Å². The van der Waals surface area contributed by atoms with Crippen LogP contribution >= 0.6 is 11.3 Å². The van der Waals surface area contributed by atoms with Gasteiger partial charge in [-0.2, -0.15) is 0 Å². The van der Waals surface area contributed by atoms with Crippen molar-refractivity contribution in [3.63, 3.8) is 0 Å². The molecule has 4 nitrogen and oxygen atoms in total. The molecule has 0 aliphatic carbocycles. The Labute approximate surface area is 146 Å². The summed E-state index contributed by atoms with van der Waals surface area (Å²) in [6.45, 7) is 1.94. The maximum Gasteiger partial charge on any atom is 0.266 e. The first kappa shape index (κ1) is 16.6. The van der Waals surface area contributed by atoms with Gasteiger partial charge in [0.15, 0.2) is 6.29 Å². The van der Waals surface area contributed by atoms with Crippen molar-refractivity contribution in [2.75, 3.05) is 4.31 Å². The summed E-state index contributed by atoms with van der Waals surface area (Å²) < 4.78 is 23.0. The van der Waals surface area contributed by atoms with Gasteiger partial charge in [0.2, 0.25) is 0 Å². The average molecular weight is 357 g/mol. The quantitative estimate of drug-likeness (QED) is 0.526. The van der Waals surface area contributed by atoms with E-state index < -0.39 is 11.3 Å². The van der Waals surface area contributed by atoms with Crippen LogP contribution in [0.1, 0.15) is 15.2 Å². The minimum absolute atomic E-state index is 0.414. The van der Waals surface area contributed by atoms with Crippen LogP contribution in [0.5, 0.6) is 0 Å². The highest BCUT2D eigenvalue weighted by atomic mass is 32.2. The Morgan fingerprint density at radius 1 is 1.08 bits per heavy atom. The van der Waals surface area contributed by atoms with Crippen LogP contribution in [-0.4, -0.2) is 15.0 Å². The van der Waals surface area contributed by atoms with E-state index in [1.165, 1.54) is 15.6 Å². The van der Waals surface area contributed by atoms with Gasteiger partial charge in [0.1, 0.15) is 0 Å². The van der Waals surface area contributed by atoms with Crippen molar-refractivity contribution < 1.29 is 13.6 Å². The minimum atomic E-state index is -2.29. The number of carbonyl (C=O) groups is 1. The van der Waals surface area contributed by atoms with E-state index in [1.54, 1.807) is 18.2 Å². The van der Waals surface area contributed by atoms with E-state index in [0.29, 0.717) is 16.3 Å². The Balaban J connectivity index is 2.11. The van der Waals surface area contributed by atoms with Gasteiger partial charge in [-0.25, -0.2) is 8.51 Å². The SMILES string of the molecule is Cc1ccc(N(c2cc(-c3ccccc3)sc2C=O)S(=O)O)cc1. The molecule has 0 amide bonds. The number of carbonyl (C=O) groups excluding carboxylic acids is 1. The number of anilines is 2. The third-order valence-electron chi connectivity index (χ3n) is 3.55. The lowest BCUT2D eigenvalue weighted by Gasteiger charge is -2.19. The molecule has 0 aliphatic heterocycles. The summed E-state index contributed by atoms with van der Waals surface area (Å²) in [5, 5.41) is 0. The van der Waals surface area contributed by atoms with Crippen molar-refractivity contribution in [1.29, 1.82) is 0 Å². The lowest BCUT2D eigenvalue weighted by atomic mass is 10.2. The van der Waals surface area contributed by atoms with Gasteiger partial charge in [-0.05, 0) is 30.7 Å². The van der Waals surface area contributed by atoms with Crippen LogP contribution in [0.4, 0.5) is 11.4 Å². The van der Waals surface area contributed by atoms with Gasteiger partial charge < -0.3 is 0 Å². The average Bonchev–Trinajstić information content (AvgIpc) is 3.01. The van der Waals surface area contributed by atoms with Gasteiger partial charge in [-0.1, -0.05) is 48.0 Å². The van der Waals surface area contributed by atoms with E-state index in [1.807, 2.05) is 49.4 Å². The molecule has 0 bridgehead atoms. The molecular formula is C18H15NO3S2. The number of aryl methyl sites for hydroxylation is 1. The van der Waals surface area contributed by atoms with E-state index in [2.05, 4.69) is 0 Å². The molecule has 2 aromatic carbocycles. The second kappa shape index (κ2) is 7.09. The summed E-state index contributed by atoms with van der Waals surface area (Å²) in [7, 11) is 0. The van der Waals surface area contributed by atoms with Crippen molar-refractivity contribution in [3.05, 3.63) is 71.1 Å². The van der Waals surface area contributed by atoms with Gasteiger partial charge in [0.05, 0.1) is 16.3 Å². The maximum absolute atomic E-state index is 11.9. The Hall–Kier alpha value is -2.28. The molecule has 1 unspecified atom stereocenters. The number of thiophene rings is 1. The molecule has 1 N–H and O–H groups in total. The van der Waals surface area contributed by atoms with Gasteiger partial charge in [-0.3, -0.25) is 9.35 Å². The van der Waals surface area contributed by atoms with E-state index in [-0.39, 0.29) is 0 Å². The Bertz CT molecular complexity index is 873. The van der Waals surface area contributed by atoms with Crippen LogP contribution in [0, 0.1) is 6.92 Å². The molecule has 1 heterocycles. The lowest BCUT2D eigenvalue weighted by molar-refractivity contribution is 0.112. The first-order valence-electron chi connectivity index (χ1n) is 7.22. The number of hydrogen-bond donors (Lipinski definition) is 1. The molecule has 122 valence electrons. The second-order valence-electron chi connectivity index (χ2n) is 5.20. The van der Waals surface area contributed by atoms with E-state index in [0.717, 1.165) is 22.3 Å². The number of benzene rings is 2. The number of hydrogen-bond acceptors (Lipinski definition) is 3. The summed E-state index contributed by atoms with van der Waals surface area (Å²) in [5.41, 5.74) is 3.00. The molecule has 3 aromatic rings. The molecule has 1 atom stereocenters. The summed E-state index contributed by atoms with van der Waals surface area (Å²) >= 11 is -0.985. The molecule has 1 aromatic heterocycles. The fraction of sp³-hybridized carbons (Fsp3) is 0.0556. The highest BCUT2D eigenvalue weighted by molar-refractivity contribution is 7.81. The van der Waals surface area contributed by atoms with Gasteiger partial charge in [-0.15, -0.1) is 11.3 Å². The van der Waals surface area contributed by atoms with Crippen LogP contribution < -0.4 is 4.31 Å². The second-order valence-corrected chi connectivity index (χ2v) is 7.12. The van der Waals surface area contributed by atoms with Crippen LogP contribution in [0.3, 0.4) is 0 Å². The van der Waals surface area contributed by atoms with Crippen molar-refractivity contribution in [2.24, 2.45) is 0 Å². The molecule has 6 heteroatoms.